The average molecular weight is 534 g/mol. The number of nitrogen functional groups attached to an aromatic ring is 1. The first-order valence-electron chi connectivity index (χ1n) is 13.5. The van der Waals surface area contributed by atoms with Gasteiger partial charge in [-0.1, -0.05) is 160 Å². The fourth-order valence-electron chi connectivity index (χ4n) is 6.33. The van der Waals surface area contributed by atoms with Crippen molar-refractivity contribution in [1.29, 1.82) is 0 Å². The lowest BCUT2D eigenvalue weighted by molar-refractivity contribution is 0.714. The molecule has 200 valence electrons. The standard InChI is InChI=1S/C34H49NP2/c1-31(2,3)36(32(4,5)6)28-22-15-13-18-24(28)25-20-17-21-27(35)30(25)26-19-14-16-23-29(26)37(33(7,8)9)34(10,11)12/h13-23H,35H2,1-12H3. The molecule has 37 heavy (non-hydrogen) atoms. The zero-order valence-corrected chi connectivity index (χ0v) is 27.1. The van der Waals surface area contributed by atoms with Crippen LogP contribution in [0.1, 0.15) is 83.1 Å². The van der Waals surface area contributed by atoms with E-state index in [1.54, 1.807) is 0 Å². The molecule has 0 aliphatic carbocycles. The van der Waals surface area contributed by atoms with E-state index >= 15 is 0 Å². The van der Waals surface area contributed by atoms with Gasteiger partial charge in [0.15, 0.2) is 0 Å². The van der Waals surface area contributed by atoms with Crippen molar-refractivity contribution in [3.63, 3.8) is 0 Å². The van der Waals surface area contributed by atoms with Gasteiger partial charge in [-0.2, -0.15) is 0 Å². The normalized spacial score (nSPS) is 13.5. The van der Waals surface area contributed by atoms with Gasteiger partial charge in [0, 0.05) is 11.3 Å². The van der Waals surface area contributed by atoms with E-state index in [0.717, 1.165) is 5.69 Å². The van der Waals surface area contributed by atoms with E-state index in [4.69, 9.17) is 5.73 Å². The first-order valence-corrected chi connectivity index (χ1v) is 16.2. The minimum absolute atomic E-state index is 0.165. The highest BCUT2D eigenvalue weighted by Gasteiger charge is 2.39. The molecule has 3 aromatic rings. The summed E-state index contributed by atoms with van der Waals surface area (Å²) >= 11 is 0. The van der Waals surface area contributed by atoms with E-state index in [0.29, 0.717) is 0 Å². The molecule has 0 unspecified atom stereocenters. The van der Waals surface area contributed by atoms with Crippen molar-refractivity contribution in [3.8, 4) is 22.3 Å². The second-order valence-electron chi connectivity index (χ2n) is 14.2. The molecule has 0 saturated heterocycles. The Morgan fingerprint density at radius 3 is 1.22 bits per heavy atom. The van der Waals surface area contributed by atoms with Gasteiger partial charge in [0.2, 0.25) is 0 Å². The maximum absolute atomic E-state index is 6.89. The van der Waals surface area contributed by atoms with Crippen molar-refractivity contribution in [2.75, 3.05) is 5.73 Å². The second-order valence-corrected chi connectivity index (χ2v) is 21.8. The Labute approximate surface area is 230 Å². The van der Waals surface area contributed by atoms with Crippen LogP contribution in [0.15, 0.2) is 66.7 Å². The molecular formula is C34H49NP2. The van der Waals surface area contributed by atoms with Crippen LogP contribution in [0.4, 0.5) is 5.69 Å². The number of hydrogen-bond acceptors (Lipinski definition) is 1. The number of nitrogens with two attached hydrogens (primary N) is 1. The monoisotopic (exact) mass is 533 g/mol. The highest BCUT2D eigenvalue weighted by atomic mass is 31.1. The molecule has 0 aliphatic rings. The largest absolute Gasteiger partial charge is 0.398 e. The Morgan fingerprint density at radius 2 is 0.784 bits per heavy atom. The summed E-state index contributed by atoms with van der Waals surface area (Å²) in [5.41, 5.74) is 12.8. The van der Waals surface area contributed by atoms with E-state index in [-0.39, 0.29) is 20.6 Å². The van der Waals surface area contributed by atoms with Gasteiger partial charge in [0.1, 0.15) is 0 Å². The van der Waals surface area contributed by atoms with Gasteiger partial charge in [-0.15, -0.1) is 0 Å². The van der Waals surface area contributed by atoms with Crippen LogP contribution in [0.25, 0.3) is 22.3 Å². The summed E-state index contributed by atoms with van der Waals surface area (Å²) in [5.74, 6) is 0. The summed E-state index contributed by atoms with van der Waals surface area (Å²) in [4.78, 5) is 0. The van der Waals surface area contributed by atoms with Gasteiger partial charge in [0.25, 0.3) is 0 Å². The zero-order chi connectivity index (χ0) is 28.0. The van der Waals surface area contributed by atoms with Crippen LogP contribution in [0.3, 0.4) is 0 Å². The Kier molecular flexibility index (Phi) is 8.45. The molecule has 3 aromatic carbocycles. The van der Waals surface area contributed by atoms with Crippen LogP contribution >= 0.6 is 15.8 Å². The van der Waals surface area contributed by atoms with Gasteiger partial charge >= 0.3 is 0 Å². The second kappa shape index (κ2) is 10.5. The average Bonchev–Trinajstić information content (AvgIpc) is 2.70. The van der Waals surface area contributed by atoms with Crippen LogP contribution in [-0.4, -0.2) is 20.6 Å². The van der Waals surface area contributed by atoms with Crippen LogP contribution in [0.2, 0.25) is 0 Å². The summed E-state index contributed by atoms with van der Waals surface area (Å²) in [5, 5.41) is 3.60. The van der Waals surface area contributed by atoms with Crippen LogP contribution in [0.5, 0.6) is 0 Å². The van der Waals surface area contributed by atoms with Crippen molar-refractivity contribution < 1.29 is 0 Å². The SMILES string of the molecule is CC(C)(C)P(c1ccccc1-c1cccc(N)c1-c1ccccc1P(C(C)(C)C)C(C)(C)C)C(C)(C)C. The van der Waals surface area contributed by atoms with E-state index in [2.05, 4.69) is 150 Å². The predicted octanol–water partition coefficient (Wildman–Crippen LogP) is 10.0. The molecule has 0 fully saturated rings. The highest BCUT2D eigenvalue weighted by molar-refractivity contribution is 7.69. The lowest BCUT2D eigenvalue weighted by Crippen LogP contribution is -2.32. The first-order chi connectivity index (χ1) is 16.8. The molecule has 0 radical (unpaired) electrons. The number of hydrogen-bond donors (Lipinski definition) is 1. The van der Waals surface area contributed by atoms with E-state index in [9.17, 15) is 0 Å². The fraction of sp³-hybridized carbons (Fsp3) is 0.471. The quantitative estimate of drug-likeness (QED) is 0.262. The third-order valence-corrected chi connectivity index (χ3v) is 13.7. The highest BCUT2D eigenvalue weighted by Crippen LogP contribution is 2.61. The topological polar surface area (TPSA) is 26.0 Å². The van der Waals surface area contributed by atoms with Crippen molar-refractivity contribution in [3.05, 3.63) is 66.7 Å². The summed E-state index contributed by atoms with van der Waals surface area (Å²) in [6.07, 6.45) is 0. The van der Waals surface area contributed by atoms with Crippen molar-refractivity contribution in [1.82, 2.24) is 0 Å². The first kappa shape index (κ1) is 29.9. The number of rotatable bonds is 4. The summed E-state index contributed by atoms with van der Waals surface area (Å²) in [6.45, 7) is 28.8. The van der Waals surface area contributed by atoms with E-state index in [1.165, 1.54) is 32.9 Å². The molecule has 0 spiro atoms. The molecule has 3 rings (SSSR count). The van der Waals surface area contributed by atoms with Crippen LogP contribution < -0.4 is 16.3 Å². The Morgan fingerprint density at radius 1 is 0.432 bits per heavy atom. The maximum Gasteiger partial charge on any atom is 0.0400 e. The lowest BCUT2D eigenvalue weighted by atomic mass is 9.93. The fourth-order valence-corrected chi connectivity index (χ4v) is 14.6. The summed E-state index contributed by atoms with van der Waals surface area (Å²) in [6, 6.07) is 24.6. The van der Waals surface area contributed by atoms with Gasteiger partial charge in [0.05, 0.1) is 0 Å². The molecule has 2 N–H and O–H groups in total. The van der Waals surface area contributed by atoms with Crippen molar-refractivity contribution in [2.45, 2.75) is 104 Å². The molecule has 3 heteroatoms. The van der Waals surface area contributed by atoms with Gasteiger partial charge in [-0.25, -0.2) is 0 Å². The molecule has 0 amide bonds. The van der Waals surface area contributed by atoms with Crippen molar-refractivity contribution >= 4 is 32.1 Å². The Balaban J connectivity index is 2.40. The Bertz CT molecular complexity index is 1200. The third-order valence-electron chi connectivity index (χ3n) is 6.63. The summed E-state index contributed by atoms with van der Waals surface area (Å²) in [7, 11) is -0.952. The van der Waals surface area contributed by atoms with E-state index in [1.807, 2.05) is 0 Å². The lowest BCUT2D eigenvalue weighted by Gasteiger charge is -2.43. The molecule has 1 nitrogen and oxygen atoms in total. The number of benzene rings is 3. The molecule has 0 atom stereocenters. The number of anilines is 1. The van der Waals surface area contributed by atoms with Gasteiger partial charge in [-0.05, 0) is 54.0 Å². The maximum atomic E-state index is 6.89. The molecular weight excluding hydrogens is 484 g/mol. The smallest absolute Gasteiger partial charge is 0.0400 e. The Hall–Kier alpha value is -1.68. The molecule has 0 heterocycles. The van der Waals surface area contributed by atoms with E-state index < -0.39 is 15.8 Å². The van der Waals surface area contributed by atoms with Gasteiger partial charge in [-0.3, -0.25) is 0 Å². The molecule has 0 bridgehead atoms. The molecule has 0 aliphatic heterocycles. The van der Waals surface area contributed by atoms with Gasteiger partial charge < -0.3 is 5.73 Å². The van der Waals surface area contributed by atoms with Crippen molar-refractivity contribution in [2.24, 2.45) is 0 Å². The minimum Gasteiger partial charge on any atom is -0.398 e. The van der Waals surface area contributed by atoms with Crippen LogP contribution in [-0.2, 0) is 0 Å². The predicted molar refractivity (Wildman–Crippen MR) is 174 cm³/mol. The minimum atomic E-state index is -0.485. The zero-order valence-electron chi connectivity index (χ0n) is 25.3. The summed E-state index contributed by atoms with van der Waals surface area (Å²) < 4.78 is 0. The molecule has 0 saturated carbocycles. The van der Waals surface area contributed by atoms with Crippen LogP contribution in [0, 0.1) is 0 Å². The molecule has 0 aromatic heterocycles. The third kappa shape index (κ3) is 6.49.